The van der Waals surface area contributed by atoms with Crippen LogP contribution in [0, 0.1) is 5.41 Å². The van der Waals surface area contributed by atoms with Crippen LogP contribution in [0.3, 0.4) is 0 Å². The molecule has 3 heteroatoms. The molecule has 0 aromatic heterocycles. The molecule has 0 fully saturated rings. The number of hydrogen-bond acceptors (Lipinski definition) is 1. The van der Waals surface area contributed by atoms with Crippen molar-refractivity contribution in [2.45, 2.75) is 33.1 Å². The van der Waals surface area contributed by atoms with E-state index in [0.29, 0.717) is 0 Å². The number of hydrogen-bond donors (Lipinski definition) is 1. The first-order chi connectivity index (χ1) is 4.31. The van der Waals surface area contributed by atoms with Crippen LogP contribution < -0.4 is 0 Å². The molecule has 0 rings (SSSR count). The van der Waals surface area contributed by atoms with E-state index >= 15 is 0 Å². The first-order valence-electron chi connectivity index (χ1n) is 3.30. The van der Waals surface area contributed by atoms with Crippen LogP contribution in [0.4, 0.5) is 8.78 Å². The standard InChI is InChI=1S/C7H14F2O/c1-6(2,3)7(8,9)4-5-10/h10H,4-5H2,1-3H3. The molecule has 0 saturated carbocycles. The fourth-order valence-corrected chi connectivity index (χ4v) is 0.515. The van der Waals surface area contributed by atoms with Crippen LogP contribution in [0.5, 0.6) is 0 Å². The zero-order valence-corrected chi connectivity index (χ0v) is 6.62. The van der Waals surface area contributed by atoms with Crippen molar-refractivity contribution in [2.24, 2.45) is 5.41 Å². The molecular weight excluding hydrogens is 138 g/mol. The van der Waals surface area contributed by atoms with E-state index in [2.05, 4.69) is 0 Å². The highest BCUT2D eigenvalue weighted by molar-refractivity contribution is 4.80. The average Bonchev–Trinajstić information content (AvgIpc) is 1.61. The van der Waals surface area contributed by atoms with Crippen LogP contribution in [0.1, 0.15) is 27.2 Å². The molecule has 0 aromatic rings. The first kappa shape index (κ1) is 9.82. The highest BCUT2D eigenvalue weighted by Crippen LogP contribution is 2.37. The van der Waals surface area contributed by atoms with Crippen LogP contribution in [0.15, 0.2) is 0 Å². The highest BCUT2D eigenvalue weighted by Gasteiger charge is 2.41. The zero-order chi connectivity index (χ0) is 8.41. The maximum atomic E-state index is 12.8. The monoisotopic (exact) mass is 152 g/mol. The van der Waals surface area contributed by atoms with Crippen molar-refractivity contribution in [3.63, 3.8) is 0 Å². The zero-order valence-electron chi connectivity index (χ0n) is 6.62. The van der Waals surface area contributed by atoms with Gasteiger partial charge in [-0.1, -0.05) is 20.8 Å². The smallest absolute Gasteiger partial charge is 0.255 e. The number of aliphatic hydroxyl groups is 1. The Hall–Kier alpha value is -0.180. The first-order valence-corrected chi connectivity index (χ1v) is 3.30. The molecule has 0 aliphatic heterocycles. The predicted molar refractivity (Wildman–Crippen MR) is 36.1 cm³/mol. The number of rotatable bonds is 2. The minimum Gasteiger partial charge on any atom is -0.396 e. The Kier molecular flexibility index (Phi) is 2.77. The Balaban J connectivity index is 4.10. The summed E-state index contributed by atoms with van der Waals surface area (Å²) >= 11 is 0. The van der Waals surface area contributed by atoms with E-state index in [1.807, 2.05) is 0 Å². The molecular formula is C7H14F2O. The van der Waals surface area contributed by atoms with Crippen LogP contribution in [-0.4, -0.2) is 17.6 Å². The van der Waals surface area contributed by atoms with Gasteiger partial charge in [-0.25, -0.2) is 8.78 Å². The van der Waals surface area contributed by atoms with Gasteiger partial charge in [-0.3, -0.25) is 0 Å². The number of alkyl halides is 2. The fraction of sp³-hybridized carbons (Fsp3) is 1.00. The minimum absolute atomic E-state index is 0.448. The molecule has 0 aliphatic carbocycles. The van der Waals surface area contributed by atoms with Gasteiger partial charge in [-0.05, 0) is 0 Å². The van der Waals surface area contributed by atoms with Crippen LogP contribution in [0.25, 0.3) is 0 Å². The Labute approximate surface area is 60.1 Å². The van der Waals surface area contributed by atoms with E-state index < -0.39 is 24.4 Å². The average molecular weight is 152 g/mol. The summed E-state index contributed by atoms with van der Waals surface area (Å²) in [6.45, 7) is 3.93. The molecule has 0 amide bonds. The largest absolute Gasteiger partial charge is 0.396 e. The normalized spacial score (nSPS) is 13.8. The van der Waals surface area contributed by atoms with Gasteiger partial charge in [0.15, 0.2) is 0 Å². The number of halogens is 2. The number of aliphatic hydroxyl groups excluding tert-OH is 1. The molecule has 0 heterocycles. The summed E-state index contributed by atoms with van der Waals surface area (Å²) < 4.78 is 25.5. The third-order valence-electron chi connectivity index (χ3n) is 1.52. The van der Waals surface area contributed by atoms with Gasteiger partial charge in [0, 0.05) is 18.4 Å². The third kappa shape index (κ3) is 2.21. The lowest BCUT2D eigenvalue weighted by Crippen LogP contribution is -2.34. The lowest BCUT2D eigenvalue weighted by Gasteiger charge is -2.29. The Morgan fingerprint density at radius 2 is 1.60 bits per heavy atom. The Bertz CT molecular complexity index is 105. The van der Waals surface area contributed by atoms with Crippen molar-refractivity contribution in [1.82, 2.24) is 0 Å². The molecule has 1 N–H and O–H groups in total. The van der Waals surface area contributed by atoms with Gasteiger partial charge in [-0.2, -0.15) is 0 Å². The Morgan fingerprint density at radius 1 is 1.20 bits per heavy atom. The topological polar surface area (TPSA) is 20.2 Å². The summed E-state index contributed by atoms with van der Waals surface area (Å²) in [6, 6.07) is 0. The van der Waals surface area contributed by atoms with Gasteiger partial charge in [0.2, 0.25) is 0 Å². The molecule has 0 radical (unpaired) electrons. The molecule has 0 bridgehead atoms. The second kappa shape index (κ2) is 2.82. The summed E-state index contributed by atoms with van der Waals surface area (Å²) in [6.07, 6.45) is -0.448. The molecule has 0 unspecified atom stereocenters. The molecule has 0 saturated heterocycles. The third-order valence-corrected chi connectivity index (χ3v) is 1.52. The molecule has 0 atom stereocenters. The van der Waals surface area contributed by atoms with Crippen molar-refractivity contribution in [3.05, 3.63) is 0 Å². The highest BCUT2D eigenvalue weighted by atomic mass is 19.3. The van der Waals surface area contributed by atoms with Crippen molar-refractivity contribution in [1.29, 1.82) is 0 Å². The summed E-state index contributed by atoms with van der Waals surface area (Å²) in [5.74, 6) is -2.76. The van der Waals surface area contributed by atoms with E-state index in [0.717, 1.165) is 0 Å². The molecule has 0 aromatic carbocycles. The maximum absolute atomic E-state index is 12.8. The van der Waals surface area contributed by atoms with Crippen molar-refractivity contribution >= 4 is 0 Å². The van der Waals surface area contributed by atoms with Crippen molar-refractivity contribution in [3.8, 4) is 0 Å². The van der Waals surface area contributed by atoms with Gasteiger partial charge in [0.05, 0.1) is 0 Å². The molecule has 0 spiro atoms. The predicted octanol–water partition coefficient (Wildman–Crippen LogP) is 2.05. The van der Waals surface area contributed by atoms with E-state index in [4.69, 9.17) is 5.11 Å². The maximum Gasteiger partial charge on any atom is 0.255 e. The summed E-state index contributed by atoms with van der Waals surface area (Å²) in [5.41, 5.74) is -1.05. The van der Waals surface area contributed by atoms with Gasteiger partial charge < -0.3 is 5.11 Å². The van der Waals surface area contributed by atoms with E-state index in [9.17, 15) is 8.78 Å². The second-order valence-electron chi connectivity index (χ2n) is 3.43. The van der Waals surface area contributed by atoms with Gasteiger partial charge >= 0.3 is 0 Å². The SMILES string of the molecule is CC(C)(C)C(F)(F)CCO. The minimum atomic E-state index is -2.76. The summed E-state index contributed by atoms with van der Waals surface area (Å²) in [7, 11) is 0. The Morgan fingerprint density at radius 3 is 1.70 bits per heavy atom. The van der Waals surface area contributed by atoms with Crippen LogP contribution in [-0.2, 0) is 0 Å². The fourth-order valence-electron chi connectivity index (χ4n) is 0.515. The summed E-state index contributed by atoms with van der Waals surface area (Å²) in [4.78, 5) is 0. The lowest BCUT2D eigenvalue weighted by molar-refractivity contribution is -0.110. The lowest BCUT2D eigenvalue weighted by atomic mass is 9.86. The van der Waals surface area contributed by atoms with Crippen molar-refractivity contribution < 1.29 is 13.9 Å². The molecule has 62 valence electrons. The molecule has 1 nitrogen and oxygen atoms in total. The molecule has 0 aliphatic rings. The van der Waals surface area contributed by atoms with Gasteiger partial charge in [-0.15, -0.1) is 0 Å². The quantitative estimate of drug-likeness (QED) is 0.642. The molecule has 10 heavy (non-hydrogen) atoms. The van der Waals surface area contributed by atoms with Crippen LogP contribution in [0.2, 0.25) is 0 Å². The summed E-state index contributed by atoms with van der Waals surface area (Å²) in [5, 5.41) is 8.29. The van der Waals surface area contributed by atoms with Gasteiger partial charge in [0.1, 0.15) is 0 Å². The van der Waals surface area contributed by atoms with E-state index in [1.165, 1.54) is 20.8 Å². The van der Waals surface area contributed by atoms with Gasteiger partial charge in [0.25, 0.3) is 5.92 Å². The van der Waals surface area contributed by atoms with E-state index in [-0.39, 0.29) is 0 Å². The van der Waals surface area contributed by atoms with Crippen molar-refractivity contribution in [2.75, 3.05) is 6.61 Å². The van der Waals surface area contributed by atoms with Crippen LogP contribution >= 0.6 is 0 Å². The van der Waals surface area contributed by atoms with E-state index in [1.54, 1.807) is 0 Å². The second-order valence-corrected chi connectivity index (χ2v) is 3.43.